The number of hydrogen-bond acceptors (Lipinski definition) is 3. The van der Waals surface area contributed by atoms with Crippen molar-refractivity contribution in [3.8, 4) is 0 Å². The lowest BCUT2D eigenvalue weighted by molar-refractivity contribution is -0.118. The zero-order valence-corrected chi connectivity index (χ0v) is 14.2. The van der Waals surface area contributed by atoms with E-state index in [2.05, 4.69) is 0 Å². The number of imide groups is 1. The fraction of sp³-hybridized carbons (Fsp3) is 0.273. The van der Waals surface area contributed by atoms with Crippen molar-refractivity contribution in [2.45, 2.75) is 16.9 Å². The Morgan fingerprint density at radius 2 is 1.86 bits per heavy atom. The number of carbonyl (C=O) groups excluding carboxylic acids is 2. The molecular weight excluding hydrogens is 385 g/mol. The summed E-state index contributed by atoms with van der Waals surface area (Å²) in [7, 11) is 0. The summed E-state index contributed by atoms with van der Waals surface area (Å²) in [5.74, 6) is -0.552. The molecule has 0 N–H and O–H groups in total. The Bertz CT molecular complexity index is 610. The second-order valence-electron chi connectivity index (χ2n) is 4.09. The number of anilines is 1. The lowest BCUT2D eigenvalue weighted by atomic mass is 10.2. The Hall–Kier alpha value is -0.400. The Labute approximate surface area is 144 Å². The number of urea groups is 1. The van der Waals surface area contributed by atoms with Crippen LogP contribution < -0.4 is 4.90 Å². The third-order valence-corrected chi connectivity index (χ3v) is 4.70. The predicted molar refractivity (Wildman–Crippen MR) is 83.8 cm³/mol. The van der Waals surface area contributed by atoms with E-state index in [1.165, 1.54) is 25.1 Å². The van der Waals surface area contributed by atoms with Gasteiger partial charge >= 0.3 is 9.95 Å². The maximum atomic E-state index is 13.3. The van der Waals surface area contributed by atoms with Crippen LogP contribution in [0, 0.1) is 0 Å². The van der Waals surface area contributed by atoms with Crippen LogP contribution in [0.25, 0.3) is 0 Å². The number of rotatable bonds is 3. The van der Waals surface area contributed by atoms with Crippen LogP contribution in [0.2, 0.25) is 10.0 Å². The molecular formula is C11H7Cl4FN2O2S. The number of benzene rings is 1. The number of carbonyl (C=O) groups is 2. The summed E-state index contributed by atoms with van der Waals surface area (Å²) in [5.41, 5.74) is 0.225. The molecule has 0 aromatic heterocycles. The van der Waals surface area contributed by atoms with Gasteiger partial charge in [-0.15, -0.1) is 0 Å². The van der Waals surface area contributed by atoms with E-state index >= 15 is 0 Å². The van der Waals surface area contributed by atoms with E-state index in [-0.39, 0.29) is 27.7 Å². The molecule has 0 radical (unpaired) electrons. The van der Waals surface area contributed by atoms with E-state index in [9.17, 15) is 14.0 Å². The number of hydrogen-bond donors (Lipinski definition) is 0. The van der Waals surface area contributed by atoms with E-state index in [1.54, 1.807) is 0 Å². The molecule has 1 saturated heterocycles. The molecule has 1 heterocycles. The zero-order valence-electron chi connectivity index (χ0n) is 10.3. The van der Waals surface area contributed by atoms with Gasteiger partial charge in [0.2, 0.25) is 0 Å². The number of alkyl halides is 3. The number of nitrogens with zero attached hydrogens (tertiary/aromatic N) is 2. The molecule has 10 heteroatoms. The zero-order chi connectivity index (χ0) is 15.9. The van der Waals surface area contributed by atoms with Crippen LogP contribution in [-0.4, -0.2) is 26.2 Å². The molecule has 1 aromatic carbocycles. The largest absolute Gasteiger partial charge is 0.342 e. The van der Waals surface area contributed by atoms with Crippen molar-refractivity contribution < 1.29 is 14.0 Å². The predicted octanol–water partition coefficient (Wildman–Crippen LogP) is 4.86. The van der Waals surface area contributed by atoms with Gasteiger partial charge in [0.15, 0.2) is 0 Å². The summed E-state index contributed by atoms with van der Waals surface area (Å²) in [5, 5.41) is 0.464. The fourth-order valence-electron chi connectivity index (χ4n) is 1.74. The highest BCUT2D eigenvalue weighted by atomic mass is 35.5. The second-order valence-corrected chi connectivity index (χ2v) is 7.73. The summed E-state index contributed by atoms with van der Waals surface area (Å²) in [6, 6.07) is 2.58. The highest BCUT2D eigenvalue weighted by molar-refractivity contribution is 8.01. The molecule has 0 aliphatic carbocycles. The summed E-state index contributed by atoms with van der Waals surface area (Å²) >= 11 is 22.3. The van der Waals surface area contributed by atoms with Crippen LogP contribution >= 0.6 is 58.4 Å². The monoisotopic (exact) mass is 390 g/mol. The minimum absolute atomic E-state index is 0.183. The van der Waals surface area contributed by atoms with Crippen molar-refractivity contribution in [3.05, 3.63) is 28.2 Å². The first-order valence-corrected chi connectivity index (χ1v) is 7.78. The Morgan fingerprint density at radius 1 is 1.24 bits per heavy atom. The van der Waals surface area contributed by atoms with Gasteiger partial charge in [0, 0.05) is 11.9 Å². The van der Waals surface area contributed by atoms with Crippen molar-refractivity contribution in [1.29, 1.82) is 0 Å². The topological polar surface area (TPSA) is 40.6 Å². The van der Waals surface area contributed by atoms with Crippen molar-refractivity contribution >= 4 is 76.0 Å². The molecule has 1 fully saturated rings. The van der Waals surface area contributed by atoms with Crippen LogP contribution in [0.3, 0.4) is 0 Å². The molecule has 2 rings (SSSR count). The van der Waals surface area contributed by atoms with Gasteiger partial charge in [0.1, 0.15) is 6.04 Å². The van der Waals surface area contributed by atoms with Crippen molar-refractivity contribution in [2.24, 2.45) is 0 Å². The molecule has 0 spiro atoms. The average Bonchev–Trinajstić information content (AvgIpc) is 2.56. The molecule has 21 heavy (non-hydrogen) atoms. The lowest BCUT2D eigenvalue weighted by Gasteiger charge is -2.20. The van der Waals surface area contributed by atoms with Gasteiger partial charge in [-0.05, 0) is 25.1 Å². The van der Waals surface area contributed by atoms with Gasteiger partial charge in [0.05, 0.1) is 15.7 Å². The second kappa shape index (κ2) is 6.01. The molecule has 1 atom stereocenters. The molecule has 0 saturated carbocycles. The molecule has 1 aliphatic heterocycles. The molecule has 3 amide bonds. The summed E-state index contributed by atoms with van der Waals surface area (Å²) in [6.07, 6.45) is 0. The first-order chi connectivity index (χ1) is 9.61. The van der Waals surface area contributed by atoms with Gasteiger partial charge in [-0.1, -0.05) is 46.4 Å². The fourth-order valence-corrected chi connectivity index (χ4v) is 3.11. The maximum absolute atomic E-state index is 13.3. The third kappa shape index (κ3) is 3.51. The minimum atomic E-state index is -2.72. The van der Waals surface area contributed by atoms with Crippen molar-refractivity contribution in [2.75, 3.05) is 4.90 Å². The minimum Gasteiger partial charge on any atom is -0.272 e. The highest BCUT2D eigenvalue weighted by Gasteiger charge is 2.47. The van der Waals surface area contributed by atoms with Gasteiger partial charge in [-0.3, -0.25) is 9.10 Å². The average molecular weight is 392 g/mol. The summed E-state index contributed by atoms with van der Waals surface area (Å²) < 4.78 is 11.4. The van der Waals surface area contributed by atoms with Gasteiger partial charge in [-0.25, -0.2) is 9.69 Å². The first kappa shape index (κ1) is 17.0. The van der Waals surface area contributed by atoms with E-state index in [1.807, 2.05) is 0 Å². The Balaban J connectivity index is 2.35. The Morgan fingerprint density at radius 3 is 2.38 bits per heavy atom. The smallest absolute Gasteiger partial charge is 0.272 e. The van der Waals surface area contributed by atoms with E-state index in [4.69, 9.17) is 46.4 Å². The van der Waals surface area contributed by atoms with Crippen LogP contribution in [0.5, 0.6) is 0 Å². The third-order valence-electron chi connectivity index (χ3n) is 2.67. The summed E-state index contributed by atoms with van der Waals surface area (Å²) in [6.45, 7) is 1.43. The molecule has 1 aliphatic rings. The molecule has 114 valence electrons. The SMILES string of the molecule is CC1C(=O)N(c2ccc(Cl)c(Cl)c2)C(=O)N1SC(F)(Cl)Cl. The summed E-state index contributed by atoms with van der Waals surface area (Å²) in [4.78, 5) is 25.3. The quantitative estimate of drug-likeness (QED) is 0.419. The molecule has 1 aromatic rings. The Kier molecular flexibility index (Phi) is 4.85. The van der Waals surface area contributed by atoms with Gasteiger partial charge in [0.25, 0.3) is 5.91 Å². The number of halogens is 5. The van der Waals surface area contributed by atoms with Crippen LogP contribution in [0.15, 0.2) is 18.2 Å². The normalized spacial score (nSPS) is 19.6. The molecule has 1 unspecified atom stereocenters. The van der Waals surface area contributed by atoms with E-state index in [0.29, 0.717) is 0 Å². The van der Waals surface area contributed by atoms with Crippen LogP contribution in [0.4, 0.5) is 14.9 Å². The van der Waals surface area contributed by atoms with Crippen molar-refractivity contribution in [3.63, 3.8) is 0 Å². The van der Waals surface area contributed by atoms with Crippen LogP contribution in [0.1, 0.15) is 6.92 Å². The lowest BCUT2D eigenvalue weighted by Crippen LogP contribution is -2.31. The standard InChI is InChI=1S/C11H7Cl4FN2O2S/c1-5-9(19)17(6-2-3-7(12)8(13)4-6)10(20)18(5)21-11(14,15)16/h2-5H,1H3. The van der Waals surface area contributed by atoms with Gasteiger partial charge in [-0.2, -0.15) is 4.39 Å². The number of amides is 3. The van der Waals surface area contributed by atoms with Crippen molar-refractivity contribution in [1.82, 2.24) is 4.31 Å². The first-order valence-electron chi connectivity index (χ1n) is 5.50. The highest BCUT2D eigenvalue weighted by Crippen LogP contribution is 2.43. The maximum Gasteiger partial charge on any atom is 0.342 e. The molecule has 4 nitrogen and oxygen atoms in total. The van der Waals surface area contributed by atoms with E-state index in [0.717, 1.165) is 9.21 Å². The van der Waals surface area contributed by atoms with E-state index < -0.39 is 21.9 Å². The van der Waals surface area contributed by atoms with Gasteiger partial charge < -0.3 is 0 Å². The molecule has 0 bridgehead atoms. The van der Waals surface area contributed by atoms with Crippen LogP contribution in [-0.2, 0) is 4.79 Å².